The average molecular weight is 391 g/mol. The summed E-state index contributed by atoms with van der Waals surface area (Å²) in [7, 11) is 0. The molecule has 3 fully saturated rings. The number of rotatable bonds is 1. The van der Waals surface area contributed by atoms with Crippen LogP contribution in [0.15, 0.2) is 12.4 Å². The summed E-state index contributed by atoms with van der Waals surface area (Å²) in [6.07, 6.45) is -0.932. The van der Waals surface area contributed by atoms with Gasteiger partial charge in [-0.25, -0.2) is 0 Å². The summed E-state index contributed by atoms with van der Waals surface area (Å²) in [5.74, 6) is 0.272. The highest BCUT2D eigenvalue weighted by molar-refractivity contribution is 5.85. The van der Waals surface area contributed by atoms with Gasteiger partial charge in [-0.3, -0.25) is 9.78 Å². The zero-order valence-corrected chi connectivity index (χ0v) is 15.4. The Kier molecular flexibility index (Phi) is 3.43. The first kappa shape index (κ1) is 17.8. The summed E-state index contributed by atoms with van der Waals surface area (Å²) in [5.41, 5.74) is -1.62. The molecule has 1 saturated heterocycles. The number of hydrogen-bond donors (Lipinski definition) is 0. The van der Waals surface area contributed by atoms with E-state index in [0.717, 1.165) is 0 Å². The molecular formula is C20H20F3N3O2. The average Bonchev–Trinajstić information content (AvgIpc) is 3.30. The van der Waals surface area contributed by atoms with E-state index >= 15 is 0 Å². The monoisotopic (exact) mass is 391 g/mol. The number of pyridine rings is 1. The fourth-order valence-corrected chi connectivity index (χ4v) is 5.99. The van der Waals surface area contributed by atoms with Crippen molar-refractivity contribution in [3.8, 4) is 11.8 Å². The number of carbonyl (C=O) groups excluding carboxylic acids is 1. The molecule has 1 aromatic heterocycles. The number of fused-ring (bicyclic) bond motifs is 6. The molecule has 3 heterocycles. The first-order valence-electron chi connectivity index (χ1n) is 9.64. The van der Waals surface area contributed by atoms with Crippen LogP contribution in [0.5, 0.6) is 5.75 Å². The highest BCUT2D eigenvalue weighted by atomic mass is 19.4. The van der Waals surface area contributed by atoms with E-state index < -0.39 is 17.0 Å². The van der Waals surface area contributed by atoms with Gasteiger partial charge in [-0.05, 0) is 32.1 Å². The Balaban J connectivity index is 1.50. The molecule has 3 atom stereocenters. The van der Waals surface area contributed by atoms with Crippen LogP contribution in [0.4, 0.5) is 13.2 Å². The fourth-order valence-electron chi connectivity index (χ4n) is 5.99. The first-order chi connectivity index (χ1) is 13.2. The minimum absolute atomic E-state index is 0.00114. The van der Waals surface area contributed by atoms with Crippen LogP contribution in [-0.4, -0.2) is 34.6 Å². The number of alkyl halides is 3. The molecule has 28 heavy (non-hydrogen) atoms. The molecule has 5 rings (SSSR count). The largest absolute Gasteiger partial charge is 0.486 e. The Morgan fingerprint density at radius 1 is 1.32 bits per heavy atom. The maximum atomic E-state index is 13.6. The number of amides is 1. The van der Waals surface area contributed by atoms with Crippen molar-refractivity contribution in [2.24, 2.45) is 16.7 Å². The number of halogens is 3. The first-order valence-corrected chi connectivity index (χ1v) is 9.64. The van der Waals surface area contributed by atoms with Crippen molar-refractivity contribution in [2.45, 2.75) is 57.3 Å². The molecule has 0 radical (unpaired) electrons. The van der Waals surface area contributed by atoms with E-state index in [9.17, 15) is 23.2 Å². The maximum Gasteiger partial charge on any atom is 0.394 e. The molecule has 148 valence electrons. The third-order valence-electron chi connectivity index (χ3n) is 7.59. The topological polar surface area (TPSA) is 66.2 Å². The van der Waals surface area contributed by atoms with Crippen molar-refractivity contribution in [1.82, 2.24) is 9.88 Å². The molecule has 2 aliphatic heterocycles. The third-order valence-corrected chi connectivity index (χ3v) is 7.59. The van der Waals surface area contributed by atoms with Crippen LogP contribution in [-0.2, 0) is 4.79 Å². The van der Waals surface area contributed by atoms with Gasteiger partial charge in [-0.15, -0.1) is 0 Å². The van der Waals surface area contributed by atoms with Gasteiger partial charge in [0, 0.05) is 23.9 Å². The zero-order valence-electron chi connectivity index (χ0n) is 15.4. The van der Waals surface area contributed by atoms with Crippen LogP contribution in [0, 0.1) is 28.1 Å². The second kappa shape index (κ2) is 5.40. The minimum Gasteiger partial charge on any atom is -0.486 e. The molecule has 0 spiro atoms. The van der Waals surface area contributed by atoms with Gasteiger partial charge < -0.3 is 9.64 Å². The summed E-state index contributed by atoms with van der Waals surface area (Å²) >= 11 is 0. The molecule has 8 heteroatoms. The Labute approximate surface area is 160 Å². The van der Waals surface area contributed by atoms with Crippen LogP contribution in [0.25, 0.3) is 0 Å². The van der Waals surface area contributed by atoms with Gasteiger partial charge in [-0.1, -0.05) is 6.92 Å². The minimum atomic E-state index is -4.26. The lowest BCUT2D eigenvalue weighted by Gasteiger charge is -2.35. The van der Waals surface area contributed by atoms with Gasteiger partial charge in [0.2, 0.25) is 5.91 Å². The highest BCUT2D eigenvalue weighted by Gasteiger charge is 2.69. The Hall–Kier alpha value is -2.30. The van der Waals surface area contributed by atoms with E-state index in [0.29, 0.717) is 23.4 Å². The molecule has 1 unspecified atom stereocenters. The molecule has 4 aliphatic rings. The quantitative estimate of drug-likeness (QED) is 0.731. The van der Waals surface area contributed by atoms with E-state index in [1.807, 2.05) is 6.92 Å². The van der Waals surface area contributed by atoms with Gasteiger partial charge >= 0.3 is 6.18 Å². The number of nitriles is 1. The van der Waals surface area contributed by atoms with E-state index in [-0.39, 0.29) is 56.1 Å². The second-order valence-corrected chi connectivity index (χ2v) is 8.87. The summed E-state index contributed by atoms with van der Waals surface area (Å²) in [6, 6.07) is 1.76. The Bertz CT molecular complexity index is 899. The SMILES string of the molecule is C[C@@H]1C2CN(C(=O)C34CCC(C(F)(F)F)(CC3)C4)[C@H]1c1cncc(C#N)c1O2. The van der Waals surface area contributed by atoms with Gasteiger partial charge in [0.1, 0.15) is 23.5 Å². The van der Waals surface area contributed by atoms with Crippen molar-refractivity contribution in [3.63, 3.8) is 0 Å². The normalized spacial score (nSPS) is 38.1. The van der Waals surface area contributed by atoms with E-state index in [4.69, 9.17) is 4.74 Å². The molecule has 1 amide bonds. The zero-order chi connectivity index (χ0) is 19.9. The van der Waals surface area contributed by atoms with Crippen molar-refractivity contribution in [1.29, 1.82) is 5.26 Å². The number of hydrogen-bond acceptors (Lipinski definition) is 4. The molecule has 4 bridgehead atoms. The predicted octanol–water partition coefficient (Wildman–Crippen LogP) is 3.75. The fraction of sp³-hybridized carbons (Fsp3) is 0.650. The molecule has 2 saturated carbocycles. The molecular weight excluding hydrogens is 371 g/mol. The Morgan fingerprint density at radius 2 is 2.04 bits per heavy atom. The second-order valence-electron chi connectivity index (χ2n) is 8.87. The van der Waals surface area contributed by atoms with Crippen molar-refractivity contribution in [2.75, 3.05) is 6.54 Å². The smallest absolute Gasteiger partial charge is 0.394 e. The van der Waals surface area contributed by atoms with Gasteiger partial charge in [0.15, 0.2) is 0 Å². The highest BCUT2D eigenvalue weighted by Crippen LogP contribution is 2.68. The summed E-state index contributed by atoms with van der Waals surface area (Å²) in [4.78, 5) is 19.4. The summed E-state index contributed by atoms with van der Waals surface area (Å²) in [5, 5.41) is 9.33. The standard InChI is InChI=1S/C20H20F3N3O2/c1-11-14-9-26(15(11)13-8-25-7-12(6-24)16(13)28-14)17(27)18-2-4-19(10-18,5-3-18)20(21,22)23/h7-8,11,14-15H,2-5,9-10H2,1H3/t11-,14?,15-,18?,19?/m1/s1. The van der Waals surface area contributed by atoms with Crippen LogP contribution in [0.3, 0.4) is 0 Å². The lowest BCUT2D eigenvalue weighted by atomic mass is 9.80. The van der Waals surface area contributed by atoms with E-state index in [1.54, 1.807) is 11.1 Å². The van der Waals surface area contributed by atoms with Gasteiger partial charge in [0.05, 0.1) is 23.4 Å². The van der Waals surface area contributed by atoms with Crippen LogP contribution in [0.1, 0.15) is 56.2 Å². The van der Waals surface area contributed by atoms with E-state index in [1.165, 1.54) is 6.20 Å². The number of likely N-dealkylation sites (tertiary alicyclic amines) is 1. The third kappa shape index (κ3) is 2.08. The molecule has 5 nitrogen and oxygen atoms in total. The van der Waals surface area contributed by atoms with Crippen LogP contribution >= 0.6 is 0 Å². The number of carbonyl (C=O) groups is 1. The predicted molar refractivity (Wildman–Crippen MR) is 91.0 cm³/mol. The van der Waals surface area contributed by atoms with Crippen LogP contribution < -0.4 is 4.74 Å². The lowest BCUT2D eigenvalue weighted by Crippen LogP contribution is -2.42. The molecule has 1 aromatic rings. The van der Waals surface area contributed by atoms with Gasteiger partial charge in [-0.2, -0.15) is 18.4 Å². The lowest BCUT2D eigenvalue weighted by molar-refractivity contribution is -0.220. The van der Waals surface area contributed by atoms with Gasteiger partial charge in [0.25, 0.3) is 0 Å². The maximum absolute atomic E-state index is 13.6. The van der Waals surface area contributed by atoms with Crippen molar-refractivity contribution >= 4 is 5.91 Å². The molecule has 2 aliphatic carbocycles. The van der Waals surface area contributed by atoms with Crippen molar-refractivity contribution in [3.05, 3.63) is 23.5 Å². The number of ether oxygens (including phenoxy) is 1. The van der Waals surface area contributed by atoms with Crippen LogP contribution in [0.2, 0.25) is 0 Å². The molecule has 0 N–H and O–H groups in total. The van der Waals surface area contributed by atoms with Crippen molar-refractivity contribution < 1.29 is 22.7 Å². The number of nitrogens with zero attached hydrogens (tertiary/aromatic N) is 3. The number of aromatic nitrogens is 1. The molecule has 0 aromatic carbocycles. The summed E-state index contributed by atoms with van der Waals surface area (Å²) in [6.45, 7) is 2.32. The summed E-state index contributed by atoms with van der Waals surface area (Å²) < 4.78 is 46.9. The Morgan fingerprint density at radius 3 is 2.64 bits per heavy atom. The van der Waals surface area contributed by atoms with E-state index in [2.05, 4.69) is 11.1 Å².